The average molecular weight is 343 g/mol. The molecule has 0 amide bonds. The molecule has 0 aliphatic rings. The number of anilines is 1. The summed E-state index contributed by atoms with van der Waals surface area (Å²) in [5, 5.41) is 3.87. The average Bonchev–Trinajstić information content (AvgIpc) is 2.76. The van der Waals surface area contributed by atoms with Crippen molar-refractivity contribution in [2.24, 2.45) is 5.73 Å². The molecule has 1 heterocycles. The van der Waals surface area contributed by atoms with Crippen LogP contribution in [0.3, 0.4) is 0 Å². The second kappa shape index (κ2) is 5.52. The molecule has 19 heavy (non-hydrogen) atoms. The molecule has 7 heteroatoms. The predicted octanol–water partition coefficient (Wildman–Crippen LogP) is 2.90. The van der Waals surface area contributed by atoms with E-state index in [4.69, 9.17) is 16.0 Å². The summed E-state index contributed by atoms with van der Waals surface area (Å²) >= 11 is 4.92. The Balaban J connectivity index is 2.04. The number of benzene rings is 1. The summed E-state index contributed by atoms with van der Waals surface area (Å²) < 4.78 is 6.12. The summed E-state index contributed by atoms with van der Waals surface area (Å²) in [4.78, 5) is 5.25. The zero-order chi connectivity index (χ0) is 14.0. The van der Waals surface area contributed by atoms with E-state index in [2.05, 4.69) is 26.1 Å². The minimum absolute atomic E-state index is 0.506. The molecule has 0 fully saturated rings. The van der Waals surface area contributed by atoms with Gasteiger partial charge < -0.3 is 16.0 Å². The number of hydrogen-bond donors (Lipinski definition) is 2. The number of rotatable bonds is 4. The van der Waals surface area contributed by atoms with Gasteiger partial charge in [-0.1, -0.05) is 21.1 Å². The molecule has 1 aromatic carbocycles. The van der Waals surface area contributed by atoms with Crippen molar-refractivity contribution >= 4 is 33.4 Å². The zero-order valence-corrected chi connectivity index (χ0v) is 13.1. The van der Waals surface area contributed by atoms with Crippen molar-refractivity contribution in [3.05, 3.63) is 34.4 Å². The number of hydrogen-bond acceptors (Lipinski definition) is 6. The summed E-state index contributed by atoms with van der Waals surface area (Å²) in [5.41, 5.74) is 12.0. The van der Waals surface area contributed by atoms with Crippen molar-refractivity contribution in [1.29, 1.82) is 0 Å². The summed E-state index contributed by atoms with van der Waals surface area (Å²) in [7, 11) is 0. The molecule has 0 unspecified atom stereocenters. The first-order valence-electron chi connectivity index (χ1n) is 5.66. The van der Waals surface area contributed by atoms with E-state index in [-0.39, 0.29) is 0 Å². The van der Waals surface area contributed by atoms with Crippen LogP contribution >= 0.6 is 27.7 Å². The molecule has 2 rings (SSSR count). The molecule has 0 aliphatic carbocycles. The molecular weight excluding hydrogens is 328 g/mol. The molecule has 2 aromatic rings. The lowest BCUT2D eigenvalue weighted by atomic mass is 10.1. The number of aromatic nitrogens is 2. The predicted molar refractivity (Wildman–Crippen MR) is 79.6 cm³/mol. The van der Waals surface area contributed by atoms with Crippen LogP contribution in [0, 0.1) is 0 Å². The van der Waals surface area contributed by atoms with E-state index in [0.717, 1.165) is 15.1 Å². The minimum atomic E-state index is -0.594. The highest BCUT2D eigenvalue weighted by atomic mass is 79.9. The fourth-order valence-corrected chi connectivity index (χ4v) is 2.53. The maximum absolute atomic E-state index is 5.92. The van der Waals surface area contributed by atoms with Crippen LogP contribution in [0.15, 0.2) is 32.1 Å². The molecule has 0 saturated carbocycles. The summed E-state index contributed by atoms with van der Waals surface area (Å²) in [6.07, 6.45) is 0. The van der Waals surface area contributed by atoms with Crippen LogP contribution in [0.2, 0.25) is 0 Å². The monoisotopic (exact) mass is 342 g/mol. The van der Waals surface area contributed by atoms with Crippen LogP contribution in [0.25, 0.3) is 0 Å². The maximum Gasteiger partial charge on any atom is 0.237 e. The van der Waals surface area contributed by atoms with Crippen LogP contribution in [0.4, 0.5) is 5.69 Å². The van der Waals surface area contributed by atoms with E-state index in [0.29, 0.717) is 17.5 Å². The van der Waals surface area contributed by atoms with Crippen molar-refractivity contribution in [3.8, 4) is 0 Å². The van der Waals surface area contributed by atoms with Crippen molar-refractivity contribution in [2.45, 2.75) is 30.0 Å². The lowest BCUT2D eigenvalue weighted by Gasteiger charge is -2.11. The number of halogens is 1. The third kappa shape index (κ3) is 3.71. The fraction of sp³-hybridized carbons (Fsp3) is 0.333. The summed E-state index contributed by atoms with van der Waals surface area (Å²) in [6, 6.07) is 5.76. The van der Waals surface area contributed by atoms with Gasteiger partial charge in [-0.15, -0.1) is 11.8 Å². The number of nitrogens with two attached hydrogens (primary N) is 2. The van der Waals surface area contributed by atoms with Gasteiger partial charge >= 0.3 is 0 Å². The Morgan fingerprint density at radius 3 is 2.74 bits per heavy atom. The van der Waals surface area contributed by atoms with E-state index >= 15 is 0 Å². The first-order valence-corrected chi connectivity index (χ1v) is 7.44. The SMILES string of the molecule is CC(C)(N)c1noc(CSc2ccc(Br)cc2N)n1. The van der Waals surface area contributed by atoms with Gasteiger partial charge in [-0.2, -0.15) is 4.98 Å². The molecule has 0 radical (unpaired) electrons. The van der Waals surface area contributed by atoms with E-state index in [1.165, 1.54) is 0 Å². The molecular formula is C12H15BrN4OS. The lowest BCUT2D eigenvalue weighted by Crippen LogP contribution is -2.30. The Hall–Kier alpha value is -1.05. The molecule has 102 valence electrons. The number of thioether (sulfide) groups is 1. The fourth-order valence-electron chi connectivity index (χ4n) is 1.37. The Labute approximate surface area is 124 Å². The minimum Gasteiger partial charge on any atom is -0.398 e. The van der Waals surface area contributed by atoms with Crippen molar-refractivity contribution in [3.63, 3.8) is 0 Å². The van der Waals surface area contributed by atoms with E-state index in [1.807, 2.05) is 32.0 Å². The smallest absolute Gasteiger partial charge is 0.237 e. The molecule has 1 aromatic heterocycles. The van der Waals surface area contributed by atoms with Crippen LogP contribution in [0.5, 0.6) is 0 Å². The first-order chi connectivity index (χ1) is 8.86. The van der Waals surface area contributed by atoms with Crippen LogP contribution < -0.4 is 11.5 Å². The standard InChI is InChI=1S/C12H15BrN4OS/c1-12(2,15)11-16-10(18-17-11)6-19-9-4-3-7(13)5-8(9)14/h3-5H,6,14-15H2,1-2H3. The zero-order valence-electron chi connectivity index (χ0n) is 10.7. The van der Waals surface area contributed by atoms with Gasteiger partial charge in [-0.25, -0.2) is 0 Å². The molecule has 0 saturated heterocycles. The van der Waals surface area contributed by atoms with Gasteiger partial charge in [0.2, 0.25) is 5.89 Å². The highest BCUT2D eigenvalue weighted by molar-refractivity contribution is 9.10. The van der Waals surface area contributed by atoms with Gasteiger partial charge in [0.25, 0.3) is 0 Å². The lowest BCUT2D eigenvalue weighted by molar-refractivity contribution is 0.370. The maximum atomic E-state index is 5.92. The van der Waals surface area contributed by atoms with E-state index < -0.39 is 5.54 Å². The molecule has 0 spiro atoms. The molecule has 0 atom stereocenters. The summed E-state index contributed by atoms with van der Waals surface area (Å²) in [6.45, 7) is 3.67. The third-order valence-electron chi connectivity index (χ3n) is 2.37. The Morgan fingerprint density at radius 1 is 1.42 bits per heavy atom. The van der Waals surface area contributed by atoms with Crippen LogP contribution in [0.1, 0.15) is 25.6 Å². The van der Waals surface area contributed by atoms with Crippen molar-refractivity contribution < 1.29 is 4.52 Å². The van der Waals surface area contributed by atoms with E-state index in [9.17, 15) is 0 Å². The molecule has 0 aliphatic heterocycles. The van der Waals surface area contributed by atoms with E-state index in [1.54, 1.807) is 11.8 Å². The topological polar surface area (TPSA) is 91.0 Å². The van der Waals surface area contributed by atoms with Gasteiger partial charge in [0, 0.05) is 15.1 Å². The van der Waals surface area contributed by atoms with Gasteiger partial charge in [-0.3, -0.25) is 0 Å². The van der Waals surface area contributed by atoms with Gasteiger partial charge in [-0.05, 0) is 32.0 Å². The quantitative estimate of drug-likeness (QED) is 0.655. The third-order valence-corrected chi connectivity index (χ3v) is 3.93. The molecule has 0 bridgehead atoms. The second-order valence-corrected chi connectivity index (χ2v) is 6.64. The Bertz CT molecular complexity index is 579. The normalized spacial score (nSPS) is 11.8. The highest BCUT2D eigenvalue weighted by Crippen LogP contribution is 2.30. The van der Waals surface area contributed by atoms with Crippen LogP contribution in [-0.2, 0) is 11.3 Å². The molecule has 5 nitrogen and oxygen atoms in total. The highest BCUT2D eigenvalue weighted by Gasteiger charge is 2.21. The van der Waals surface area contributed by atoms with Crippen molar-refractivity contribution in [2.75, 3.05) is 5.73 Å². The molecule has 4 N–H and O–H groups in total. The Morgan fingerprint density at radius 2 is 2.16 bits per heavy atom. The Kier molecular flexibility index (Phi) is 4.17. The van der Waals surface area contributed by atoms with Crippen molar-refractivity contribution in [1.82, 2.24) is 10.1 Å². The van der Waals surface area contributed by atoms with Gasteiger partial charge in [0.1, 0.15) is 0 Å². The van der Waals surface area contributed by atoms with Gasteiger partial charge in [0.05, 0.1) is 11.3 Å². The van der Waals surface area contributed by atoms with Gasteiger partial charge in [0.15, 0.2) is 5.82 Å². The van der Waals surface area contributed by atoms with Crippen LogP contribution in [-0.4, -0.2) is 10.1 Å². The largest absolute Gasteiger partial charge is 0.398 e. The number of nitrogen functional groups attached to an aromatic ring is 1. The first kappa shape index (κ1) is 14.4. The number of nitrogens with zero attached hydrogens (tertiary/aromatic N) is 2. The summed E-state index contributed by atoms with van der Waals surface area (Å²) in [5.74, 6) is 1.61. The second-order valence-electron chi connectivity index (χ2n) is 4.70.